The Kier molecular flexibility index (Phi) is 12.5. The summed E-state index contributed by atoms with van der Waals surface area (Å²) in [4.78, 5) is 0. The van der Waals surface area contributed by atoms with Crippen LogP contribution in [-0.2, 0) is 6.42 Å². The normalized spacial score (nSPS) is 10.4. The molecule has 0 saturated heterocycles. The van der Waals surface area contributed by atoms with Crippen LogP contribution in [-0.4, -0.2) is 14.5 Å². The van der Waals surface area contributed by atoms with Crippen LogP contribution in [0.1, 0.15) is 81.6 Å². The Morgan fingerprint density at radius 3 is 2.32 bits per heavy atom. The Balaban J connectivity index is 0.000000200. The molecule has 0 aliphatic carbocycles. The van der Waals surface area contributed by atoms with Gasteiger partial charge >= 0.3 is 95.8 Å². The van der Waals surface area contributed by atoms with Crippen LogP contribution in [0.3, 0.4) is 0 Å². The summed E-state index contributed by atoms with van der Waals surface area (Å²) in [6.45, 7) is 4.50. The van der Waals surface area contributed by atoms with E-state index in [1.54, 1.807) is 20.0 Å². The van der Waals surface area contributed by atoms with Gasteiger partial charge in [0.1, 0.15) is 0 Å². The average molecular weight is 543 g/mol. The Labute approximate surface area is 193 Å². The minimum absolute atomic E-state index is 0.668. The van der Waals surface area contributed by atoms with E-state index in [-0.39, 0.29) is 0 Å². The van der Waals surface area contributed by atoms with Crippen molar-refractivity contribution in [2.45, 2.75) is 78.1 Å². The van der Waals surface area contributed by atoms with Crippen LogP contribution in [0.5, 0.6) is 0 Å². The Hall–Kier alpha value is -0.301. The number of aryl methyl sites for hydroxylation is 1. The standard InChI is InChI=1S/C12H15BrS.C12H16SSe/c1-2-3-4-5-6-7-8-11-9-14-10-12(11)13;1-2-3-4-5-6-11-7-10-8-13-9-12(10)14-11/h9-10H,2-6H2,1H3;7-9H,2-6H2,1H3. The zero-order chi connectivity index (χ0) is 20.0. The van der Waals surface area contributed by atoms with Crippen LogP contribution >= 0.6 is 38.6 Å². The van der Waals surface area contributed by atoms with Gasteiger partial charge in [-0.1, -0.05) is 38.0 Å². The molecule has 4 heteroatoms. The fourth-order valence-electron chi connectivity index (χ4n) is 2.85. The molecule has 0 aliphatic rings. The maximum atomic E-state index is 3.47. The van der Waals surface area contributed by atoms with E-state index in [0.29, 0.717) is 14.5 Å². The molecule has 3 aromatic heterocycles. The van der Waals surface area contributed by atoms with E-state index in [4.69, 9.17) is 0 Å². The second kappa shape index (κ2) is 14.6. The fourth-order valence-corrected chi connectivity index (χ4v) is 7.70. The summed E-state index contributed by atoms with van der Waals surface area (Å²) < 4.78 is 4.46. The predicted molar refractivity (Wildman–Crippen MR) is 134 cm³/mol. The van der Waals surface area contributed by atoms with Gasteiger partial charge in [-0.2, -0.15) is 0 Å². The molecule has 0 N–H and O–H groups in total. The first-order valence-electron chi connectivity index (χ1n) is 10.4. The minimum atomic E-state index is 0.668. The maximum absolute atomic E-state index is 3.47. The van der Waals surface area contributed by atoms with Crippen molar-refractivity contribution in [1.82, 2.24) is 0 Å². The van der Waals surface area contributed by atoms with E-state index in [2.05, 4.69) is 69.2 Å². The second-order valence-electron chi connectivity index (χ2n) is 6.96. The van der Waals surface area contributed by atoms with Gasteiger partial charge in [-0.3, -0.25) is 0 Å². The monoisotopic (exact) mass is 542 g/mol. The molecule has 152 valence electrons. The number of rotatable bonds is 9. The van der Waals surface area contributed by atoms with E-state index >= 15 is 0 Å². The molecule has 3 heterocycles. The zero-order valence-corrected chi connectivity index (χ0v) is 22.0. The molecule has 0 aliphatic heterocycles. The van der Waals surface area contributed by atoms with Gasteiger partial charge in [0.05, 0.1) is 0 Å². The van der Waals surface area contributed by atoms with Crippen LogP contribution in [0.4, 0.5) is 0 Å². The van der Waals surface area contributed by atoms with Crippen molar-refractivity contribution in [3.63, 3.8) is 0 Å². The number of fused-ring (bicyclic) bond motifs is 1. The first kappa shape index (κ1) is 24.0. The van der Waals surface area contributed by atoms with E-state index in [9.17, 15) is 0 Å². The molecule has 0 fully saturated rings. The molecule has 0 unspecified atom stereocenters. The average Bonchev–Trinajstić information content (AvgIpc) is 3.39. The molecule has 3 rings (SSSR count). The van der Waals surface area contributed by atoms with Gasteiger partial charge in [-0.05, 0) is 22.4 Å². The third-order valence-corrected chi connectivity index (χ3v) is 9.71. The van der Waals surface area contributed by atoms with Crippen LogP contribution < -0.4 is 0 Å². The predicted octanol–water partition coefficient (Wildman–Crippen LogP) is 8.91. The quantitative estimate of drug-likeness (QED) is 0.144. The van der Waals surface area contributed by atoms with Crippen LogP contribution in [0.15, 0.2) is 32.1 Å². The summed E-state index contributed by atoms with van der Waals surface area (Å²) in [6, 6.07) is 2.43. The Morgan fingerprint density at radius 1 is 0.893 bits per heavy atom. The molecular weight excluding hydrogens is 511 g/mol. The third-order valence-electron chi connectivity index (χ3n) is 4.48. The first-order valence-corrected chi connectivity index (χ1v) is 14.8. The number of hydrogen-bond donors (Lipinski definition) is 0. The molecule has 0 saturated carbocycles. The molecule has 28 heavy (non-hydrogen) atoms. The SMILES string of the molecule is CCCCCCC#Cc1cscc1Br.CCCCCCc1cc2cscc2[se]1. The summed E-state index contributed by atoms with van der Waals surface area (Å²) in [6.07, 6.45) is 13.1. The zero-order valence-electron chi connectivity index (χ0n) is 17.1. The van der Waals surface area contributed by atoms with E-state index in [0.717, 1.165) is 16.5 Å². The molecule has 0 spiro atoms. The van der Waals surface area contributed by atoms with E-state index in [1.807, 2.05) is 11.3 Å². The number of unbranched alkanes of at least 4 members (excludes halogenated alkanes) is 7. The molecule has 0 bridgehead atoms. The van der Waals surface area contributed by atoms with Crippen molar-refractivity contribution >= 4 is 62.8 Å². The van der Waals surface area contributed by atoms with Crippen LogP contribution in [0.25, 0.3) is 9.65 Å². The van der Waals surface area contributed by atoms with Gasteiger partial charge in [0, 0.05) is 27.2 Å². The molecular formula is C24H31BrS2Se. The van der Waals surface area contributed by atoms with Crippen molar-refractivity contribution in [3.05, 3.63) is 42.1 Å². The molecule has 0 nitrogen and oxygen atoms in total. The van der Waals surface area contributed by atoms with Gasteiger partial charge in [0.15, 0.2) is 0 Å². The molecule has 0 aromatic carbocycles. The Morgan fingerprint density at radius 2 is 1.64 bits per heavy atom. The summed E-state index contributed by atoms with van der Waals surface area (Å²) in [5.41, 5.74) is 1.13. The van der Waals surface area contributed by atoms with Crippen LogP contribution in [0, 0.1) is 11.8 Å². The van der Waals surface area contributed by atoms with Crippen molar-refractivity contribution in [3.8, 4) is 11.8 Å². The van der Waals surface area contributed by atoms with Crippen molar-refractivity contribution in [2.75, 3.05) is 0 Å². The van der Waals surface area contributed by atoms with Crippen molar-refractivity contribution < 1.29 is 0 Å². The van der Waals surface area contributed by atoms with Gasteiger partial charge in [0.2, 0.25) is 0 Å². The third kappa shape index (κ3) is 9.02. The summed E-state index contributed by atoms with van der Waals surface area (Å²) in [5.74, 6) is 6.40. The summed E-state index contributed by atoms with van der Waals surface area (Å²) >= 11 is 7.67. The molecule has 3 aromatic rings. The number of thiophene rings is 2. The molecule has 0 amide bonds. The topological polar surface area (TPSA) is 0 Å². The van der Waals surface area contributed by atoms with Crippen molar-refractivity contribution in [2.24, 2.45) is 0 Å². The van der Waals surface area contributed by atoms with Gasteiger partial charge in [-0.15, -0.1) is 11.3 Å². The van der Waals surface area contributed by atoms with Gasteiger partial charge in [-0.25, -0.2) is 0 Å². The van der Waals surface area contributed by atoms with Gasteiger partial charge < -0.3 is 0 Å². The second-order valence-corrected chi connectivity index (χ2v) is 11.8. The fraction of sp³-hybridized carbons (Fsp3) is 0.500. The number of halogens is 1. The van der Waals surface area contributed by atoms with Crippen molar-refractivity contribution in [1.29, 1.82) is 0 Å². The van der Waals surface area contributed by atoms with E-state index in [1.165, 1.54) is 63.2 Å². The van der Waals surface area contributed by atoms with E-state index < -0.39 is 0 Å². The molecule has 0 radical (unpaired) electrons. The number of hydrogen-bond acceptors (Lipinski definition) is 2. The summed E-state index contributed by atoms with van der Waals surface area (Å²) in [5, 5.41) is 10.3. The van der Waals surface area contributed by atoms with Gasteiger partial charge in [0.25, 0.3) is 0 Å². The molecule has 0 atom stereocenters. The van der Waals surface area contributed by atoms with Crippen LogP contribution in [0.2, 0.25) is 0 Å². The first-order chi connectivity index (χ1) is 13.7. The summed E-state index contributed by atoms with van der Waals surface area (Å²) in [7, 11) is 0. The Bertz CT molecular complexity index is 818.